The maximum Gasteiger partial charge on any atom is 0.338 e. The van der Waals surface area contributed by atoms with E-state index in [0.29, 0.717) is 0 Å². The van der Waals surface area contributed by atoms with E-state index < -0.39 is 42.6 Å². The van der Waals surface area contributed by atoms with Gasteiger partial charge in [0.05, 0.1) is 24.2 Å². The third-order valence-electron chi connectivity index (χ3n) is 3.90. The Labute approximate surface area is 133 Å². The fourth-order valence-corrected chi connectivity index (χ4v) is 2.53. The van der Waals surface area contributed by atoms with Crippen molar-refractivity contribution < 1.29 is 39.4 Å². The molecule has 0 aromatic carbocycles. The molecule has 0 aromatic rings. The van der Waals surface area contributed by atoms with Crippen LogP contribution in [0, 0.1) is 5.92 Å². The Morgan fingerprint density at radius 2 is 2.00 bits per heavy atom. The Morgan fingerprint density at radius 1 is 1.30 bits per heavy atom. The fraction of sp³-hybridized carbons (Fsp3) is 0.667. The normalized spacial score (nSPS) is 40.3. The Morgan fingerprint density at radius 3 is 2.61 bits per heavy atom. The molecule has 2 rings (SSSR count). The lowest BCUT2D eigenvalue weighted by Gasteiger charge is -2.39. The molecule has 0 aromatic heterocycles. The number of allylic oxidation sites excluding steroid dienone is 2. The SMILES string of the molecule is C/C=C/C(O[C@@H]1O[C@@H](C)[C@H](O)[C@@H](O)[C@H]1O)=C1/C(=O)OCC1CO. The zero-order chi connectivity index (χ0) is 17.1. The van der Waals surface area contributed by atoms with Crippen molar-refractivity contribution in [2.24, 2.45) is 5.92 Å². The molecule has 4 N–H and O–H groups in total. The van der Waals surface area contributed by atoms with Crippen LogP contribution < -0.4 is 0 Å². The van der Waals surface area contributed by atoms with E-state index in [-0.39, 0.29) is 24.5 Å². The third kappa shape index (κ3) is 3.56. The van der Waals surface area contributed by atoms with Crippen LogP contribution in [0.2, 0.25) is 0 Å². The van der Waals surface area contributed by atoms with Crippen molar-refractivity contribution in [3.63, 3.8) is 0 Å². The van der Waals surface area contributed by atoms with Crippen LogP contribution in [-0.2, 0) is 19.0 Å². The Hall–Kier alpha value is -1.45. The minimum atomic E-state index is -1.49. The largest absolute Gasteiger partial charge is 0.461 e. The minimum absolute atomic E-state index is 0.0426. The summed E-state index contributed by atoms with van der Waals surface area (Å²) in [6.45, 7) is 2.98. The molecule has 2 fully saturated rings. The first-order chi connectivity index (χ1) is 10.9. The molecular formula is C15H22O8. The van der Waals surface area contributed by atoms with Crippen LogP contribution in [0.3, 0.4) is 0 Å². The van der Waals surface area contributed by atoms with Crippen molar-refractivity contribution in [2.75, 3.05) is 13.2 Å². The van der Waals surface area contributed by atoms with Crippen molar-refractivity contribution >= 4 is 5.97 Å². The predicted octanol–water partition coefficient (Wildman–Crippen LogP) is -1.17. The second-order valence-corrected chi connectivity index (χ2v) is 5.56. The molecule has 23 heavy (non-hydrogen) atoms. The molecule has 0 aliphatic carbocycles. The van der Waals surface area contributed by atoms with Crippen LogP contribution in [0.15, 0.2) is 23.5 Å². The van der Waals surface area contributed by atoms with Crippen LogP contribution in [0.4, 0.5) is 0 Å². The van der Waals surface area contributed by atoms with E-state index >= 15 is 0 Å². The summed E-state index contributed by atoms with van der Waals surface area (Å²) in [4.78, 5) is 11.9. The monoisotopic (exact) mass is 330 g/mol. The van der Waals surface area contributed by atoms with Crippen LogP contribution in [0.5, 0.6) is 0 Å². The van der Waals surface area contributed by atoms with Gasteiger partial charge in [0.2, 0.25) is 6.29 Å². The number of cyclic esters (lactones) is 1. The predicted molar refractivity (Wildman–Crippen MR) is 76.8 cm³/mol. The molecule has 2 saturated heterocycles. The summed E-state index contributed by atoms with van der Waals surface area (Å²) in [5, 5.41) is 38.9. The summed E-state index contributed by atoms with van der Waals surface area (Å²) in [7, 11) is 0. The number of aliphatic hydroxyl groups is 4. The molecule has 8 nitrogen and oxygen atoms in total. The Bertz CT molecular complexity index is 500. The zero-order valence-corrected chi connectivity index (χ0v) is 13.0. The van der Waals surface area contributed by atoms with Crippen molar-refractivity contribution in [2.45, 2.75) is 44.6 Å². The number of hydrogen-bond donors (Lipinski definition) is 4. The van der Waals surface area contributed by atoms with E-state index in [0.717, 1.165) is 0 Å². The summed E-state index contributed by atoms with van der Waals surface area (Å²) < 4.78 is 15.8. The molecule has 130 valence electrons. The minimum Gasteiger partial charge on any atom is -0.461 e. The smallest absolute Gasteiger partial charge is 0.338 e. The fourth-order valence-electron chi connectivity index (χ4n) is 2.53. The summed E-state index contributed by atoms with van der Waals surface area (Å²) in [5.74, 6) is -1.06. The summed E-state index contributed by atoms with van der Waals surface area (Å²) in [5.41, 5.74) is 0.148. The molecular weight excluding hydrogens is 308 g/mol. The van der Waals surface area contributed by atoms with Crippen LogP contribution >= 0.6 is 0 Å². The van der Waals surface area contributed by atoms with Gasteiger partial charge in [-0.25, -0.2) is 4.79 Å². The van der Waals surface area contributed by atoms with Crippen LogP contribution in [0.25, 0.3) is 0 Å². The van der Waals surface area contributed by atoms with Crippen molar-refractivity contribution in [3.05, 3.63) is 23.5 Å². The van der Waals surface area contributed by atoms with Gasteiger partial charge in [0.15, 0.2) is 0 Å². The summed E-state index contributed by atoms with van der Waals surface area (Å²) >= 11 is 0. The van der Waals surface area contributed by atoms with E-state index in [1.807, 2.05) is 0 Å². The quantitative estimate of drug-likeness (QED) is 0.288. The molecule has 0 radical (unpaired) electrons. The zero-order valence-electron chi connectivity index (χ0n) is 13.0. The standard InChI is InChI=1S/C15H22O8/c1-3-4-9(10-8(5-16)6-21-14(10)20)23-15-13(19)12(18)11(17)7(2)22-15/h3-4,7-8,11-13,15-19H,5-6H2,1-2H3/b4-3+,10-9-/t7-,8?,11-,12+,13+,15-/m0/s1. The summed E-state index contributed by atoms with van der Waals surface area (Å²) in [6.07, 6.45) is -3.11. The van der Waals surface area contributed by atoms with Gasteiger partial charge >= 0.3 is 5.97 Å². The third-order valence-corrected chi connectivity index (χ3v) is 3.90. The second kappa shape index (κ2) is 7.41. The van der Waals surface area contributed by atoms with Crippen molar-refractivity contribution in [1.29, 1.82) is 0 Å². The number of aliphatic hydroxyl groups excluding tert-OH is 4. The molecule has 0 spiro atoms. The van der Waals surface area contributed by atoms with Crippen molar-refractivity contribution in [3.8, 4) is 0 Å². The van der Waals surface area contributed by atoms with Gasteiger partial charge in [0, 0.05) is 0 Å². The highest BCUT2D eigenvalue weighted by Crippen LogP contribution is 2.29. The molecule has 2 aliphatic rings. The highest BCUT2D eigenvalue weighted by molar-refractivity contribution is 5.92. The van der Waals surface area contributed by atoms with E-state index in [9.17, 15) is 25.2 Å². The number of hydrogen-bond acceptors (Lipinski definition) is 8. The lowest BCUT2D eigenvalue weighted by molar-refractivity contribution is -0.282. The number of carbonyl (C=O) groups excluding carboxylic acids is 1. The van der Waals surface area contributed by atoms with E-state index in [1.54, 1.807) is 13.0 Å². The molecule has 2 heterocycles. The first kappa shape index (κ1) is 17.9. The van der Waals surface area contributed by atoms with Gasteiger partial charge < -0.3 is 34.6 Å². The second-order valence-electron chi connectivity index (χ2n) is 5.56. The van der Waals surface area contributed by atoms with E-state index in [4.69, 9.17) is 14.2 Å². The number of esters is 1. The highest BCUT2D eigenvalue weighted by atomic mass is 16.7. The van der Waals surface area contributed by atoms with Gasteiger partial charge in [-0.15, -0.1) is 0 Å². The van der Waals surface area contributed by atoms with Gasteiger partial charge in [-0.1, -0.05) is 6.08 Å². The van der Waals surface area contributed by atoms with Gasteiger partial charge in [-0.3, -0.25) is 0 Å². The van der Waals surface area contributed by atoms with Crippen LogP contribution in [-0.4, -0.2) is 70.3 Å². The average Bonchev–Trinajstić information content (AvgIpc) is 2.90. The molecule has 0 amide bonds. The van der Waals surface area contributed by atoms with E-state index in [1.165, 1.54) is 13.0 Å². The maximum absolute atomic E-state index is 11.9. The molecule has 6 atom stereocenters. The lowest BCUT2D eigenvalue weighted by atomic mass is 9.99. The first-order valence-electron chi connectivity index (χ1n) is 7.41. The highest BCUT2D eigenvalue weighted by Gasteiger charge is 2.44. The molecule has 8 heteroatoms. The first-order valence-corrected chi connectivity index (χ1v) is 7.41. The van der Waals surface area contributed by atoms with E-state index in [2.05, 4.69) is 0 Å². The molecule has 1 unspecified atom stereocenters. The van der Waals surface area contributed by atoms with Gasteiger partial charge in [-0.05, 0) is 19.9 Å². The Balaban J connectivity index is 2.28. The van der Waals surface area contributed by atoms with Crippen molar-refractivity contribution in [1.82, 2.24) is 0 Å². The lowest BCUT2D eigenvalue weighted by Crippen LogP contribution is -2.57. The molecule has 0 bridgehead atoms. The number of ether oxygens (including phenoxy) is 3. The molecule has 0 saturated carbocycles. The van der Waals surface area contributed by atoms with Gasteiger partial charge in [0.25, 0.3) is 0 Å². The average molecular weight is 330 g/mol. The van der Waals surface area contributed by atoms with Gasteiger partial charge in [-0.2, -0.15) is 0 Å². The maximum atomic E-state index is 11.9. The van der Waals surface area contributed by atoms with Gasteiger partial charge in [0.1, 0.15) is 30.7 Å². The summed E-state index contributed by atoms with van der Waals surface area (Å²) in [6, 6.07) is 0. The Kier molecular flexibility index (Phi) is 5.77. The topological polar surface area (TPSA) is 126 Å². The number of rotatable bonds is 4. The molecule has 2 aliphatic heterocycles. The number of carbonyl (C=O) groups is 1. The van der Waals surface area contributed by atoms with Crippen LogP contribution in [0.1, 0.15) is 13.8 Å².